The summed E-state index contributed by atoms with van der Waals surface area (Å²) in [6.07, 6.45) is 1.71. The maximum Gasteiger partial charge on any atom is 0.208 e. The van der Waals surface area contributed by atoms with E-state index in [2.05, 4.69) is 27.3 Å². The Balaban J connectivity index is 2.56. The lowest BCUT2D eigenvalue weighted by molar-refractivity contribution is 1.26. The standard InChI is InChI=1S/C11H15N7S/c1-2-7-19-11(14)18-16-9-5-3-8(4-6-9)15-17-10(12)13/h2-6,14-15H,1,7H2,(H4,12,13,17). The minimum atomic E-state index is -0.0449. The Morgan fingerprint density at radius 1 is 1.37 bits per heavy atom. The molecular weight excluding hydrogens is 262 g/mol. The second kappa shape index (κ2) is 7.88. The van der Waals surface area contributed by atoms with E-state index in [-0.39, 0.29) is 11.1 Å². The zero-order chi connectivity index (χ0) is 14.1. The average molecular weight is 277 g/mol. The molecule has 1 rings (SSSR count). The van der Waals surface area contributed by atoms with E-state index in [1.54, 1.807) is 30.3 Å². The predicted octanol–water partition coefficient (Wildman–Crippen LogP) is 2.22. The first-order chi connectivity index (χ1) is 9.11. The summed E-state index contributed by atoms with van der Waals surface area (Å²) in [6, 6.07) is 6.97. The second-order valence-electron chi connectivity index (χ2n) is 3.30. The van der Waals surface area contributed by atoms with Gasteiger partial charge >= 0.3 is 0 Å². The molecule has 1 aromatic rings. The van der Waals surface area contributed by atoms with Crippen LogP contribution in [-0.4, -0.2) is 16.9 Å². The van der Waals surface area contributed by atoms with Gasteiger partial charge in [0, 0.05) is 5.75 Å². The zero-order valence-electron chi connectivity index (χ0n) is 10.2. The van der Waals surface area contributed by atoms with Crippen molar-refractivity contribution in [2.24, 2.45) is 26.8 Å². The van der Waals surface area contributed by atoms with Crippen LogP contribution >= 0.6 is 11.8 Å². The van der Waals surface area contributed by atoms with Crippen molar-refractivity contribution in [1.82, 2.24) is 0 Å². The summed E-state index contributed by atoms with van der Waals surface area (Å²) in [5, 5.41) is 19.0. The van der Waals surface area contributed by atoms with Crippen molar-refractivity contribution in [1.29, 1.82) is 5.41 Å². The van der Waals surface area contributed by atoms with E-state index in [1.807, 2.05) is 0 Å². The van der Waals surface area contributed by atoms with E-state index < -0.39 is 0 Å². The molecule has 1 aromatic carbocycles. The number of nitrogens with zero attached hydrogens (tertiary/aromatic N) is 3. The van der Waals surface area contributed by atoms with Crippen LogP contribution in [0.1, 0.15) is 0 Å². The predicted molar refractivity (Wildman–Crippen MR) is 80.8 cm³/mol. The van der Waals surface area contributed by atoms with Gasteiger partial charge < -0.3 is 11.5 Å². The van der Waals surface area contributed by atoms with Gasteiger partial charge in [0.25, 0.3) is 0 Å². The van der Waals surface area contributed by atoms with Crippen molar-refractivity contribution in [3.63, 3.8) is 0 Å². The third-order valence-corrected chi connectivity index (χ3v) is 2.53. The molecule has 100 valence electrons. The van der Waals surface area contributed by atoms with E-state index in [0.717, 1.165) is 5.69 Å². The Hall–Kier alpha value is -2.35. The topological polar surface area (TPSA) is 125 Å². The number of nitrogens with two attached hydrogens (primary N) is 2. The van der Waals surface area contributed by atoms with Crippen LogP contribution in [0.4, 0.5) is 11.4 Å². The van der Waals surface area contributed by atoms with Crippen LogP contribution < -0.4 is 16.9 Å². The molecule has 0 spiro atoms. The molecule has 19 heavy (non-hydrogen) atoms. The van der Waals surface area contributed by atoms with E-state index in [9.17, 15) is 0 Å². The number of nitrogens with one attached hydrogen (secondary N) is 2. The van der Waals surface area contributed by atoms with Crippen molar-refractivity contribution in [3.8, 4) is 0 Å². The third-order valence-electron chi connectivity index (χ3n) is 1.78. The molecule has 8 heteroatoms. The molecule has 0 heterocycles. The molecule has 7 nitrogen and oxygen atoms in total. The van der Waals surface area contributed by atoms with Gasteiger partial charge in [0.1, 0.15) is 0 Å². The molecule has 0 radical (unpaired) electrons. The van der Waals surface area contributed by atoms with Crippen LogP contribution in [-0.2, 0) is 0 Å². The summed E-state index contributed by atoms with van der Waals surface area (Å²) in [6.45, 7) is 3.57. The SMILES string of the molecule is C=CCSC(=N)N=Nc1ccc(NN=C(N)N)cc1. The Labute approximate surface area is 115 Å². The molecular formula is C11H15N7S. The fourth-order valence-corrected chi connectivity index (χ4v) is 1.38. The van der Waals surface area contributed by atoms with Gasteiger partial charge in [-0.3, -0.25) is 10.8 Å². The number of thioether (sulfide) groups is 1. The molecule has 0 unspecified atom stereocenters. The highest BCUT2D eigenvalue weighted by Gasteiger charge is 1.95. The van der Waals surface area contributed by atoms with Crippen LogP contribution in [0, 0.1) is 5.41 Å². The molecule has 0 saturated heterocycles. The number of anilines is 1. The van der Waals surface area contributed by atoms with Gasteiger partial charge in [-0.25, -0.2) is 0 Å². The Morgan fingerprint density at radius 3 is 2.63 bits per heavy atom. The quantitative estimate of drug-likeness (QED) is 0.216. The molecule has 0 aliphatic rings. The molecule has 0 saturated carbocycles. The van der Waals surface area contributed by atoms with Gasteiger partial charge in [0.05, 0.1) is 11.4 Å². The first-order valence-corrected chi connectivity index (χ1v) is 6.29. The van der Waals surface area contributed by atoms with E-state index in [0.29, 0.717) is 11.4 Å². The lowest BCUT2D eigenvalue weighted by Crippen LogP contribution is -2.23. The highest BCUT2D eigenvalue weighted by Crippen LogP contribution is 2.17. The molecule has 0 aliphatic heterocycles. The van der Waals surface area contributed by atoms with Crippen molar-refractivity contribution in [3.05, 3.63) is 36.9 Å². The van der Waals surface area contributed by atoms with Gasteiger partial charge in [0.2, 0.25) is 11.1 Å². The number of rotatable bonds is 5. The minimum Gasteiger partial charge on any atom is -0.369 e. The third kappa shape index (κ3) is 6.22. The lowest BCUT2D eigenvalue weighted by Gasteiger charge is -2.00. The van der Waals surface area contributed by atoms with Gasteiger partial charge in [0.15, 0.2) is 0 Å². The molecule has 0 aliphatic carbocycles. The van der Waals surface area contributed by atoms with Crippen molar-refractivity contribution >= 4 is 34.3 Å². The maximum absolute atomic E-state index is 7.49. The van der Waals surface area contributed by atoms with E-state index >= 15 is 0 Å². The first-order valence-electron chi connectivity index (χ1n) is 5.30. The molecule has 6 N–H and O–H groups in total. The summed E-state index contributed by atoms with van der Waals surface area (Å²) in [5.41, 5.74) is 14.4. The van der Waals surface area contributed by atoms with Crippen LogP contribution in [0.25, 0.3) is 0 Å². The summed E-state index contributed by atoms with van der Waals surface area (Å²) in [5.74, 6) is 0.593. The highest BCUT2D eigenvalue weighted by atomic mass is 32.2. The Bertz CT molecular complexity index is 488. The summed E-state index contributed by atoms with van der Waals surface area (Å²) < 4.78 is 0. The number of azo groups is 1. The van der Waals surface area contributed by atoms with Gasteiger partial charge in [-0.1, -0.05) is 17.8 Å². The zero-order valence-corrected chi connectivity index (χ0v) is 11.0. The number of guanidine groups is 1. The normalized spacial score (nSPS) is 10.1. The maximum atomic E-state index is 7.49. The molecule has 0 bridgehead atoms. The van der Waals surface area contributed by atoms with Crippen molar-refractivity contribution in [2.75, 3.05) is 11.2 Å². The fraction of sp³-hybridized carbons (Fsp3) is 0.0909. The van der Waals surface area contributed by atoms with Gasteiger partial charge in [-0.05, 0) is 24.3 Å². The highest BCUT2D eigenvalue weighted by molar-refractivity contribution is 8.13. The molecule has 0 fully saturated rings. The Morgan fingerprint density at radius 2 is 2.05 bits per heavy atom. The van der Waals surface area contributed by atoms with Crippen LogP contribution in [0.15, 0.2) is 52.3 Å². The van der Waals surface area contributed by atoms with Gasteiger partial charge in [-0.2, -0.15) is 0 Å². The van der Waals surface area contributed by atoms with Crippen LogP contribution in [0.3, 0.4) is 0 Å². The first kappa shape index (κ1) is 14.7. The van der Waals surface area contributed by atoms with E-state index in [4.69, 9.17) is 16.9 Å². The van der Waals surface area contributed by atoms with Crippen molar-refractivity contribution < 1.29 is 0 Å². The minimum absolute atomic E-state index is 0.0449. The monoisotopic (exact) mass is 277 g/mol. The summed E-state index contributed by atoms with van der Waals surface area (Å²) >= 11 is 1.26. The molecule has 0 aromatic heterocycles. The fourth-order valence-electron chi connectivity index (χ4n) is 1.00. The number of hydrogen-bond donors (Lipinski definition) is 4. The number of hydrogen-bond acceptors (Lipinski definition) is 5. The second-order valence-corrected chi connectivity index (χ2v) is 4.31. The lowest BCUT2D eigenvalue weighted by atomic mass is 10.3. The number of benzene rings is 1. The van der Waals surface area contributed by atoms with Crippen LogP contribution in [0.5, 0.6) is 0 Å². The largest absolute Gasteiger partial charge is 0.369 e. The number of amidine groups is 1. The average Bonchev–Trinajstić information content (AvgIpc) is 2.41. The smallest absolute Gasteiger partial charge is 0.208 e. The van der Waals surface area contributed by atoms with Crippen LogP contribution in [0.2, 0.25) is 0 Å². The van der Waals surface area contributed by atoms with Gasteiger partial charge in [-0.15, -0.1) is 21.9 Å². The molecule has 0 amide bonds. The molecule has 0 atom stereocenters. The Kier molecular flexibility index (Phi) is 6.10. The summed E-state index contributed by atoms with van der Waals surface area (Å²) in [4.78, 5) is 0. The number of hydrazone groups is 1. The van der Waals surface area contributed by atoms with Crippen molar-refractivity contribution in [2.45, 2.75) is 0 Å². The summed E-state index contributed by atoms with van der Waals surface area (Å²) in [7, 11) is 0. The van der Waals surface area contributed by atoms with E-state index in [1.165, 1.54) is 11.8 Å².